The van der Waals surface area contributed by atoms with E-state index >= 15 is 0 Å². The molecular weight excluding hydrogens is 350 g/mol. The second-order valence-corrected chi connectivity index (χ2v) is 8.48. The Labute approximate surface area is 152 Å². The van der Waals surface area contributed by atoms with Gasteiger partial charge in [0.25, 0.3) is 10.0 Å². The fourth-order valence-electron chi connectivity index (χ4n) is 3.19. The number of benzene rings is 2. The highest BCUT2D eigenvalue weighted by atomic mass is 32.2. The Morgan fingerprint density at radius 2 is 1.77 bits per heavy atom. The lowest BCUT2D eigenvalue weighted by atomic mass is 10.1. The number of carbonyl (C=O) groups is 1. The summed E-state index contributed by atoms with van der Waals surface area (Å²) in [5, 5.41) is 0.700. The summed E-state index contributed by atoms with van der Waals surface area (Å²) in [4.78, 5) is 12.4. The van der Waals surface area contributed by atoms with E-state index in [2.05, 4.69) is 0 Å². The minimum Gasteiger partial charge on any atom is -0.464 e. The summed E-state index contributed by atoms with van der Waals surface area (Å²) >= 11 is 0. The highest BCUT2D eigenvalue weighted by Gasteiger charge is 2.29. The van der Waals surface area contributed by atoms with Crippen LogP contribution >= 0.6 is 0 Å². The van der Waals surface area contributed by atoms with Crippen molar-refractivity contribution in [1.29, 1.82) is 0 Å². The maximum atomic E-state index is 13.3. The Balaban J connectivity index is 2.00. The second kappa shape index (κ2) is 5.99. The first-order valence-electron chi connectivity index (χ1n) is 8.48. The zero-order chi connectivity index (χ0) is 18.5. The molecule has 1 aromatic heterocycles. The fourth-order valence-corrected chi connectivity index (χ4v) is 4.68. The standard InChI is InChI=1S/C20H19NO4S/c1-13-3-9-17(10-4-13)26(23,24)21-18-11-15(14-5-6-14)7-8-16(18)12-19(21)20(22)25-2/h3-4,7-12,14H,5-6H2,1-2H3. The molecule has 0 N–H and O–H groups in total. The van der Waals surface area contributed by atoms with Gasteiger partial charge in [0.1, 0.15) is 5.69 Å². The molecule has 3 aromatic rings. The van der Waals surface area contributed by atoms with Gasteiger partial charge in [0.15, 0.2) is 0 Å². The van der Waals surface area contributed by atoms with Crippen molar-refractivity contribution in [3.63, 3.8) is 0 Å². The topological polar surface area (TPSA) is 65.4 Å². The molecular formula is C20H19NO4S. The van der Waals surface area contributed by atoms with Crippen LogP contribution in [0.3, 0.4) is 0 Å². The third-order valence-electron chi connectivity index (χ3n) is 4.79. The number of carbonyl (C=O) groups excluding carboxylic acids is 1. The molecule has 134 valence electrons. The van der Waals surface area contributed by atoms with E-state index in [1.807, 2.05) is 25.1 Å². The van der Waals surface area contributed by atoms with Crippen molar-refractivity contribution in [2.75, 3.05) is 7.11 Å². The number of ether oxygens (including phenoxy) is 1. The van der Waals surface area contributed by atoms with Gasteiger partial charge in [0.2, 0.25) is 0 Å². The van der Waals surface area contributed by atoms with E-state index in [0.29, 0.717) is 16.8 Å². The van der Waals surface area contributed by atoms with Crippen molar-refractivity contribution in [3.8, 4) is 0 Å². The molecule has 0 atom stereocenters. The number of esters is 1. The maximum Gasteiger partial charge on any atom is 0.355 e. The number of methoxy groups -OCH3 is 1. The van der Waals surface area contributed by atoms with Crippen LogP contribution in [0.5, 0.6) is 0 Å². The summed E-state index contributed by atoms with van der Waals surface area (Å²) < 4.78 is 32.6. The highest BCUT2D eigenvalue weighted by Crippen LogP contribution is 2.41. The predicted molar refractivity (Wildman–Crippen MR) is 99.0 cm³/mol. The molecule has 0 aliphatic heterocycles. The first-order valence-corrected chi connectivity index (χ1v) is 9.92. The Bertz CT molecular complexity index is 1110. The third-order valence-corrected chi connectivity index (χ3v) is 6.53. The van der Waals surface area contributed by atoms with Crippen molar-refractivity contribution >= 4 is 26.9 Å². The van der Waals surface area contributed by atoms with Gasteiger partial charge < -0.3 is 4.74 Å². The zero-order valence-corrected chi connectivity index (χ0v) is 15.4. The maximum absolute atomic E-state index is 13.3. The van der Waals surface area contributed by atoms with Crippen molar-refractivity contribution < 1.29 is 17.9 Å². The van der Waals surface area contributed by atoms with E-state index in [4.69, 9.17) is 4.74 Å². The van der Waals surface area contributed by atoms with Crippen LogP contribution in [0.1, 0.15) is 40.4 Å². The van der Waals surface area contributed by atoms with E-state index in [-0.39, 0.29) is 10.6 Å². The van der Waals surface area contributed by atoms with Gasteiger partial charge in [-0.25, -0.2) is 17.2 Å². The van der Waals surface area contributed by atoms with Crippen LogP contribution in [0.25, 0.3) is 10.9 Å². The highest BCUT2D eigenvalue weighted by molar-refractivity contribution is 7.90. The third kappa shape index (κ3) is 2.70. The molecule has 1 fully saturated rings. The van der Waals surface area contributed by atoms with Gasteiger partial charge in [-0.15, -0.1) is 0 Å². The lowest BCUT2D eigenvalue weighted by molar-refractivity contribution is 0.0593. The zero-order valence-electron chi connectivity index (χ0n) is 14.6. The largest absolute Gasteiger partial charge is 0.464 e. The van der Waals surface area contributed by atoms with Crippen LogP contribution in [0.15, 0.2) is 53.4 Å². The van der Waals surface area contributed by atoms with Crippen molar-refractivity contribution in [2.45, 2.75) is 30.6 Å². The summed E-state index contributed by atoms with van der Waals surface area (Å²) in [5.74, 6) is -0.198. The van der Waals surface area contributed by atoms with Crippen molar-refractivity contribution in [2.24, 2.45) is 0 Å². The molecule has 2 aromatic carbocycles. The van der Waals surface area contributed by atoms with Crippen molar-refractivity contribution in [1.82, 2.24) is 3.97 Å². The Morgan fingerprint density at radius 1 is 1.08 bits per heavy atom. The predicted octanol–water partition coefficient (Wildman–Crippen LogP) is 3.85. The summed E-state index contributed by atoms with van der Waals surface area (Å²) in [5.41, 5.74) is 2.59. The van der Waals surface area contributed by atoms with Gasteiger partial charge in [-0.2, -0.15) is 0 Å². The number of aryl methyl sites for hydroxylation is 1. The van der Waals surface area contributed by atoms with Crippen LogP contribution in [0.2, 0.25) is 0 Å². The summed E-state index contributed by atoms with van der Waals surface area (Å²) in [7, 11) is -2.68. The Morgan fingerprint density at radius 3 is 2.38 bits per heavy atom. The Hall–Kier alpha value is -2.60. The summed E-state index contributed by atoms with van der Waals surface area (Å²) in [6.45, 7) is 1.89. The molecule has 0 amide bonds. The second-order valence-electron chi connectivity index (χ2n) is 6.70. The molecule has 1 aliphatic carbocycles. The van der Waals surface area contributed by atoms with Gasteiger partial charge in [-0.3, -0.25) is 0 Å². The van der Waals surface area contributed by atoms with Gasteiger partial charge in [-0.1, -0.05) is 29.8 Å². The number of rotatable bonds is 4. The molecule has 1 saturated carbocycles. The quantitative estimate of drug-likeness (QED) is 0.655. The molecule has 1 heterocycles. The Kier molecular flexibility index (Phi) is 3.88. The van der Waals surface area contributed by atoms with Gasteiger partial charge in [0.05, 0.1) is 17.5 Å². The average Bonchev–Trinajstić information content (AvgIpc) is 3.40. The van der Waals surface area contributed by atoms with Crippen LogP contribution < -0.4 is 0 Å². The first-order chi connectivity index (χ1) is 12.4. The molecule has 0 bridgehead atoms. The lowest BCUT2D eigenvalue weighted by Gasteiger charge is -2.12. The molecule has 0 saturated heterocycles. The molecule has 0 radical (unpaired) electrons. The molecule has 26 heavy (non-hydrogen) atoms. The van der Waals surface area contributed by atoms with E-state index in [1.54, 1.807) is 30.3 Å². The van der Waals surface area contributed by atoms with Gasteiger partial charge in [-0.05, 0) is 55.5 Å². The number of nitrogens with zero attached hydrogens (tertiary/aromatic N) is 1. The van der Waals surface area contributed by atoms with E-state index in [0.717, 1.165) is 27.9 Å². The minimum absolute atomic E-state index is 0.0102. The SMILES string of the molecule is COC(=O)c1cc2ccc(C3CC3)cc2n1S(=O)(=O)c1ccc(C)cc1. The van der Waals surface area contributed by atoms with Crippen LogP contribution in [0, 0.1) is 6.92 Å². The van der Waals surface area contributed by atoms with Crippen LogP contribution in [-0.4, -0.2) is 25.5 Å². The number of hydrogen-bond acceptors (Lipinski definition) is 4. The van der Waals surface area contributed by atoms with E-state index in [1.165, 1.54) is 7.11 Å². The first kappa shape index (κ1) is 16.8. The monoisotopic (exact) mass is 369 g/mol. The van der Waals surface area contributed by atoms with Gasteiger partial charge >= 0.3 is 5.97 Å². The van der Waals surface area contributed by atoms with Crippen molar-refractivity contribution in [3.05, 3.63) is 65.4 Å². The average molecular weight is 369 g/mol. The fraction of sp³-hybridized carbons (Fsp3) is 0.250. The molecule has 0 unspecified atom stereocenters. The molecule has 0 spiro atoms. The van der Waals surface area contributed by atoms with Crippen LogP contribution in [-0.2, 0) is 14.8 Å². The molecule has 5 nitrogen and oxygen atoms in total. The number of aromatic nitrogens is 1. The summed E-state index contributed by atoms with van der Waals surface area (Å²) in [6, 6.07) is 13.9. The molecule has 6 heteroatoms. The van der Waals surface area contributed by atoms with E-state index < -0.39 is 16.0 Å². The smallest absolute Gasteiger partial charge is 0.355 e. The number of hydrogen-bond donors (Lipinski definition) is 0. The summed E-state index contributed by atoms with van der Waals surface area (Å²) in [6.07, 6.45) is 2.22. The van der Waals surface area contributed by atoms with Crippen LogP contribution in [0.4, 0.5) is 0 Å². The number of fused-ring (bicyclic) bond motifs is 1. The molecule has 4 rings (SSSR count). The minimum atomic E-state index is -3.93. The lowest BCUT2D eigenvalue weighted by Crippen LogP contribution is -2.19. The van der Waals surface area contributed by atoms with E-state index in [9.17, 15) is 13.2 Å². The van der Waals surface area contributed by atoms with Gasteiger partial charge in [0, 0.05) is 5.39 Å². The normalized spacial score (nSPS) is 14.5. The molecule has 1 aliphatic rings.